The van der Waals surface area contributed by atoms with Crippen LogP contribution in [0.25, 0.3) is 0 Å². The second kappa shape index (κ2) is 13.8. The van der Waals surface area contributed by atoms with Crippen molar-refractivity contribution in [2.45, 2.75) is 38.5 Å². The molecule has 0 unspecified atom stereocenters. The van der Waals surface area contributed by atoms with E-state index in [1.54, 1.807) is 6.07 Å². The predicted octanol–water partition coefficient (Wildman–Crippen LogP) is 3.02. The Bertz CT molecular complexity index is 550. The Morgan fingerprint density at radius 1 is 0.962 bits per heavy atom. The number of hydrogen-bond acceptors (Lipinski definition) is 4. The third-order valence-electron chi connectivity index (χ3n) is 4.10. The average Bonchev–Trinajstić information content (AvgIpc) is 2.81. The number of amides is 2. The lowest BCUT2D eigenvalue weighted by atomic mass is 10.2. The number of halogens is 2. The summed E-state index contributed by atoms with van der Waals surface area (Å²) in [6, 6.07) is 7.24. The number of likely N-dealkylation sites (tertiary alicyclic amines) is 1. The Balaban J connectivity index is 0.00000312. The molecule has 0 radical (unpaired) electrons. The standard InChI is InChI=1S/C18H28N4O2.2ClH/c19-10-6-9-17(23)20-15-7-5-8-16(13-15)21-18(24)14-22-11-3-1-2-4-12-22;;/h5,7-8,13H,1-4,6,9-12,14,19H2,(H,20,23)(H,21,24);2*1H. The van der Waals surface area contributed by atoms with Crippen LogP contribution < -0.4 is 16.4 Å². The van der Waals surface area contributed by atoms with Crippen LogP contribution in [0, 0.1) is 0 Å². The molecule has 0 spiro atoms. The van der Waals surface area contributed by atoms with Gasteiger partial charge in [0.2, 0.25) is 11.8 Å². The van der Waals surface area contributed by atoms with E-state index in [-0.39, 0.29) is 36.6 Å². The van der Waals surface area contributed by atoms with Gasteiger partial charge in [-0.3, -0.25) is 14.5 Å². The quantitative estimate of drug-likeness (QED) is 0.651. The summed E-state index contributed by atoms with van der Waals surface area (Å²) >= 11 is 0. The number of rotatable bonds is 7. The number of carbonyl (C=O) groups is 2. The molecule has 6 nitrogen and oxygen atoms in total. The van der Waals surface area contributed by atoms with E-state index in [0.29, 0.717) is 37.3 Å². The molecular formula is C18H30Cl2N4O2. The van der Waals surface area contributed by atoms with Crippen molar-refractivity contribution in [1.29, 1.82) is 0 Å². The van der Waals surface area contributed by atoms with Crippen molar-refractivity contribution >= 4 is 48.0 Å². The van der Waals surface area contributed by atoms with E-state index in [9.17, 15) is 9.59 Å². The molecule has 0 saturated carbocycles. The number of nitrogens with one attached hydrogen (secondary N) is 2. The highest BCUT2D eigenvalue weighted by Crippen LogP contribution is 2.16. The van der Waals surface area contributed by atoms with Crippen molar-refractivity contribution < 1.29 is 9.59 Å². The van der Waals surface area contributed by atoms with E-state index in [0.717, 1.165) is 25.9 Å². The number of anilines is 2. The van der Waals surface area contributed by atoms with Gasteiger partial charge in [0.05, 0.1) is 6.54 Å². The molecule has 0 atom stereocenters. The topological polar surface area (TPSA) is 87.5 Å². The minimum atomic E-state index is -0.0616. The molecule has 1 saturated heterocycles. The minimum Gasteiger partial charge on any atom is -0.330 e. The maximum absolute atomic E-state index is 12.2. The molecule has 1 aliphatic heterocycles. The van der Waals surface area contributed by atoms with Gasteiger partial charge in [-0.25, -0.2) is 0 Å². The van der Waals surface area contributed by atoms with Crippen LogP contribution in [0.5, 0.6) is 0 Å². The van der Waals surface area contributed by atoms with Gasteiger partial charge in [-0.2, -0.15) is 0 Å². The molecular weight excluding hydrogens is 375 g/mol. The van der Waals surface area contributed by atoms with Gasteiger partial charge in [0, 0.05) is 17.8 Å². The lowest BCUT2D eigenvalue weighted by Gasteiger charge is -2.19. The summed E-state index contributed by atoms with van der Waals surface area (Å²) in [6.07, 6.45) is 5.91. The fourth-order valence-corrected chi connectivity index (χ4v) is 2.86. The molecule has 4 N–H and O–H groups in total. The van der Waals surface area contributed by atoms with Gasteiger partial charge < -0.3 is 16.4 Å². The Labute approximate surface area is 168 Å². The molecule has 8 heteroatoms. The molecule has 1 aromatic carbocycles. The molecule has 0 aromatic heterocycles. The first kappa shape index (κ1) is 24.7. The average molecular weight is 405 g/mol. The van der Waals surface area contributed by atoms with E-state index in [1.165, 1.54) is 12.8 Å². The first-order valence-electron chi connectivity index (χ1n) is 8.79. The van der Waals surface area contributed by atoms with Crippen molar-refractivity contribution in [3.8, 4) is 0 Å². The van der Waals surface area contributed by atoms with Crippen LogP contribution >= 0.6 is 24.8 Å². The van der Waals surface area contributed by atoms with Gasteiger partial charge >= 0.3 is 0 Å². The molecule has 1 aromatic rings. The van der Waals surface area contributed by atoms with E-state index >= 15 is 0 Å². The smallest absolute Gasteiger partial charge is 0.238 e. The molecule has 148 valence electrons. The minimum absolute atomic E-state index is 0. The Kier molecular flexibility index (Phi) is 13.1. The van der Waals surface area contributed by atoms with E-state index in [4.69, 9.17) is 5.73 Å². The lowest BCUT2D eigenvalue weighted by Crippen LogP contribution is -2.33. The fourth-order valence-electron chi connectivity index (χ4n) is 2.86. The van der Waals surface area contributed by atoms with Gasteiger partial charge in [0.15, 0.2) is 0 Å². The van der Waals surface area contributed by atoms with Crippen molar-refractivity contribution in [3.05, 3.63) is 24.3 Å². The molecule has 0 aliphatic carbocycles. The first-order valence-corrected chi connectivity index (χ1v) is 8.79. The highest BCUT2D eigenvalue weighted by Gasteiger charge is 2.13. The Morgan fingerprint density at radius 2 is 1.54 bits per heavy atom. The van der Waals surface area contributed by atoms with Gasteiger partial charge in [0.1, 0.15) is 0 Å². The SMILES string of the molecule is Cl.Cl.NCCCC(=O)Nc1cccc(NC(=O)CN2CCCCCC2)c1. The first-order chi connectivity index (χ1) is 11.7. The zero-order valence-corrected chi connectivity index (χ0v) is 16.7. The van der Waals surface area contributed by atoms with Gasteiger partial charge in [-0.05, 0) is 57.1 Å². The van der Waals surface area contributed by atoms with Crippen LogP contribution in [0.4, 0.5) is 11.4 Å². The van der Waals surface area contributed by atoms with Gasteiger partial charge in [-0.15, -0.1) is 24.8 Å². The fraction of sp³-hybridized carbons (Fsp3) is 0.556. The highest BCUT2D eigenvalue weighted by atomic mass is 35.5. The van der Waals surface area contributed by atoms with E-state index in [1.807, 2.05) is 18.2 Å². The molecule has 0 bridgehead atoms. The van der Waals surface area contributed by atoms with Gasteiger partial charge in [0.25, 0.3) is 0 Å². The molecule has 1 aliphatic rings. The second-order valence-electron chi connectivity index (χ2n) is 6.26. The predicted molar refractivity (Wildman–Crippen MR) is 111 cm³/mol. The van der Waals surface area contributed by atoms with Crippen LogP contribution in [-0.2, 0) is 9.59 Å². The molecule has 1 heterocycles. The highest BCUT2D eigenvalue weighted by molar-refractivity contribution is 5.94. The van der Waals surface area contributed by atoms with Crippen molar-refractivity contribution in [2.75, 3.05) is 36.8 Å². The molecule has 26 heavy (non-hydrogen) atoms. The van der Waals surface area contributed by atoms with Crippen LogP contribution in [0.3, 0.4) is 0 Å². The summed E-state index contributed by atoms with van der Waals surface area (Å²) in [5.41, 5.74) is 6.79. The van der Waals surface area contributed by atoms with Crippen LogP contribution in [0.15, 0.2) is 24.3 Å². The lowest BCUT2D eigenvalue weighted by molar-refractivity contribution is -0.117. The maximum atomic E-state index is 12.2. The molecule has 2 rings (SSSR count). The maximum Gasteiger partial charge on any atom is 0.238 e. The summed E-state index contributed by atoms with van der Waals surface area (Å²) < 4.78 is 0. The summed E-state index contributed by atoms with van der Waals surface area (Å²) in [7, 11) is 0. The largest absolute Gasteiger partial charge is 0.330 e. The third-order valence-corrected chi connectivity index (χ3v) is 4.10. The summed E-state index contributed by atoms with van der Waals surface area (Å²) in [5.74, 6) is -0.0722. The summed E-state index contributed by atoms with van der Waals surface area (Å²) in [4.78, 5) is 26.2. The van der Waals surface area contributed by atoms with Crippen LogP contribution in [-0.4, -0.2) is 42.9 Å². The van der Waals surface area contributed by atoms with Gasteiger partial charge in [-0.1, -0.05) is 18.9 Å². The number of carbonyl (C=O) groups excluding carboxylic acids is 2. The van der Waals surface area contributed by atoms with Crippen molar-refractivity contribution in [3.63, 3.8) is 0 Å². The molecule has 2 amide bonds. The van der Waals surface area contributed by atoms with Crippen LogP contribution in [0.1, 0.15) is 38.5 Å². The molecule has 1 fully saturated rings. The number of nitrogens with two attached hydrogens (primary N) is 1. The number of hydrogen-bond donors (Lipinski definition) is 3. The van der Waals surface area contributed by atoms with Crippen molar-refractivity contribution in [1.82, 2.24) is 4.90 Å². The summed E-state index contributed by atoms with van der Waals surface area (Å²) in [5, 5.41) is 5.74. The van der Waals surface area contributed by atoms with Crippen molar-refractivity contribution in [2.24, 2.45) is 5.73 Å². The zero-order valence-electron chi connectivity index (χ0n) is 15.0. The third kappa shape index (κ3) is 9.38. The Morgan fingerprint density at radius 3 is 2.12 bits per heavy atom. The normalized spacial score (nSPS) is 14.3. The Hall–Kier alpha value is -1.34. The van der Waals surface area contributed by atoms with E-state index < -0.39 is 0 Å². The number of nitrogens with zero attached hydrogens (tertiary/aromatic N) is 1. The zero-order chi connectivity index (χ0) is 17.2. The monoisotopic (exact) mass is 404 g/mol. The van der Waals surface area contributed by atoms with E-state index in [2.05, 4.69) is 15.5 Å². The van der Waals surface area contributed by atoms with Crippen LogP contribution in [0.2, 0.25) is 0 Å². The summed E-state index contributed by atoms with van der Waals surface area (Å²) in [6.45, 7) is 2.91. The number of benzene rings is 1. The second-order valence-corrected chi connectivity index (χ2v) is 6.26.